The number of nitrogens with zero attached hydrogens (tertiary/aromatic N) is 3. The van der Waals surface area contributed by atoms with Gasteiger partial charge >= 0.3 is 0 Å². The highest BCUT2D eigenvalue weighted by Gasteiger charge is 2.13. The lowest BCUT2D eigenvalue weighted by Gasteiger charge is -2.17. The molecule has 0 aromatic carbocycles. The van der Waals surface area contributed by atoms with E-state index in [9.17, 15) is 8.42 Å². The van der Waals surface area contributed by atoms with Crippen molar-refractivity contribution in [1.29, 1.82) is 0 Å². The highest BCUT2D eigenvalue weighted by molar-refractivity contribution is 7.88. The van der Waals surface area contributed by atoms with Crippen molar-refractivity contribution < 1.29 is 8.42 Å². The van der Waals surface area contributed by atoms with Crippen molar-refractivity contribution in [3.63, 3.8) is 0 Å². The molecule has 1 N–H and O–H groups in total. The number of anilines is 1. The zero-order chi connectivity index (χ0) is 12.9. The third-order valence-corrected chi connectivity index (χ3v) is 4.35. The molecule has 98 valence electrons. The molecule has 0 saturated carbocycles. The third kappa shape index (κ3) is 4.97. The summed E-state index contributed by atoms with van der Waals surface area (Å²) in [6.45, 7) is 5.41. The van der Waals surface area contributed by atoms with E-state index in [-0.39, 0.29) is 0 Å². The van der Waals surface area contributed by atoms with Crippen molar-refractivity contribution in [2.45, 2.75) is 20.3 Å². The first-order valence-electron chi connectivity index (χ1n) is 5.42. The van der Waals surface area contributed by atoms with Crippen LogP contribution in [-0.4, -0.2) is 48.0 Å². The van der Waals surface area contributed by atoms with Crippen LogP contribution in [0.1, 0.15) is 19.2 Å². The summed E-state index contributed by atoms with van der Waals surface area (Å²) in [5.41, 5.74) is 0. The Balaban J connectivity index is 2.28. The Hall–Kier alpha value is -0.730. The molecule has 0 aliphatic heterocycles. The quantitative estimate of drug-likeness (QED) is 0.751. The van der Waals surface area contributed by atoms with E-state index in [2.05, 4.69) is 14.7 Å². The smallest absolute Gasteiger partial charge is 0.211 e. The summed E-state index contributed by atoms with van der Waals surface area (Å²) in [7, 11) is -3.08. The van der Waals surface area contributed by atoms with Gasteiger partial charge in [-0.1, -0.05) is 6.92 Å². The molecule has 0 bridgehead atoms. The van der Waals surface area contributed by atoms with E-state index >= 15 is 0 Å². The molecule has 0 saturated heterocycles. The van der Waals surface area contributed by atoms with E-state index in [0.29, 0.717) is 19.6 Å². The molecule has 6 nitrogen and oxygen atoms in total. The number of hydrogen-bond donors (Lipinski definition) is 1. The van der Waals surface area contributed by atoms with Crippen molar-refractivity contribution in [2.24, 2.45) is 0 Å². The van der Waals surface area contributed by atoms with Crippen LogP contribution in [0.15, 0.2) is 0 Å². The maximum atomic E-state index is 11.3. The Bertz CT molecular complexity index is 444. The number of rotatable bonds is 7. The molecule has 0 aliphatic rings. The van der Waals surface area contributed by atoms with Gasteiger partial charge in [0.2, 0.25) is 15.2 Å². The zero-order valence-electron chi connectivity index (χ0n) is 10.3. The molecule has 1 aromatic heterocycles. The standard InChI is InChI=1S/C9H18N4O2S2/c1-4-13(17(3,14)15)7-5-6-10-9-11-8(2)12-16-9/h4-7H2,1-3H3,(H,10,11,12). The van der Waals surface area contributed by atoms with E-state index < -0.39 is 10.0 Å². The average Bonchev–Trinajstić information content (AvgIpc) is 2.62. The molecule has 0 fully saturated rings. The first-order valence-corrected chi connectivity index (χ1v) is 8.05. The molecular formula is C9H18N4O2S2. The maximum Gasteiger partial charge on any atom is 0.211 e. The lowest BCUT2D eigenvalue weighted by Crippen LogP contribution is -2.31. The normalized spacial score (nSPS) is 12.0. The Morgan fingerprint density at radius 1 is 1.47 bits per heavy atom. The van der Waals surface area contributed by atoms with Crippen LogP contribution >= 0.6 is 11.5 Å². The second-order valence-corrected chi connectivity index (χ2v) is 6.42. The van der Waals surface area contributed by atoms with Crippen molar-refractivity contribution in [2.75, 3.05) is 31.2 Å². The molecule has 0 amide bonds. The van der Waals surface area contributed by atoms with Gasteiger partial charge in [-0.05, 0) is 13.3 Å². The van der Waals surface area contributed by atoms with Crippen molar-refractivity contribution in [3.8, 4) is 0 Å². The lowest BCUT2D eigenvalue weighted by molar-refractivity contribution is 0.429. The summed E-state index contributed by atoms with van der Waals surface area (Å²) in [5.74, 6) is 0.754. The van der Waals surface area contributed by atoms with Gasteiger partial charge < -0.3 is 5.32 Å². The Morgan fingerprint density at radius 3 is 2.65 bits per heavy atom. The van der Waals surface area contributed by atoms with Crippen molar-refractivity contribution in [1.82, 2.24) is 13.7 Å². The molecule has 17 heavy (non-hydrogen) atoms. The molecule has 1 heterocycles. The van der Waals surface area contributed by atoms with E-state index in [1.54, 1.807) is 0 Å². The van der Waals surface area contributed by atoms with Crippen LogP contribution in [0.25, 0.3) is 0 Å². The summed E-state index contributed by atoms with van der Waals surface area (Å²) >= 11 is 1.32. The van der Waals surface area contributed by atoms with Gasteiger partial charge in [0.05, 0.1) is 6.26 Å². The summed E-state index contributed by atoms with van der Waals surface area (Å²) in [6.07, 6.45) is 1.98. The average molecular weight is 278 g/mol. The van der Waals surface area contributed by atoms with E-state index in [1.165, 1.54) is 22.1 Å². The molecule has 8 heteroatoms. The highest BCUT2D eigenvalue weighted by atomic mass is 32.2. The van der Waals surface area contributed by atoms with Gasteiger partial charge in [-0.15, -0.1) is 0 Å². The summed E-state index contributed by atoms with van der Waals surface area (Å²) in [4.78, 5) is 4.16. The third-order valence-electron chi connectivity index (χ3n) is 2.21. The predicted octanol–water partition coefficient (Wildman–Crippen LogP) is 0.930. The van der Waals surface area contributed by atoms with Crippen molar-refractivity contribution >= 4 is 26.7 Å². The fraction of sp³-hybridized carbons (Fsp3) is 0.778. The number of sulfonamides is 1. The fourth-order valence-electron chi connectivity index (χ4n) is 1.38. The first-order chi connectivity index (χ1) is 7.93. The van der Waals surface area contributed by atoms with Crippen LogP contribution in [0.5, 0.6) is 0 Å². The monoisotopic (exact) mass is 278 g/mol. The van der Waals surface area contributed by atoms with Gasteiger partial charge in [0.1, 0.15) is 5.82 Å². The van der Waals surface area contributed by atoms with Gasteiger partial charge in [0, 0.05) is 31.2 Å². The second-order valence-electron chi connectivity index (χ2n) is 3.68. The van der Waals surface area contributed by atoms with Crippen LogP contribution in [0, 0.1) is 6.92 Å². The molecule has 0 spiro atoms. The zero-order valence-corrected chi connectivity index (χ0v) is 11.9. The predicted molar refractivity (Wildman–Crippen MR) is 69.8 cm³/mol. The minimum Gasteiger partial charge on any atom is -0.360 e. The van der Waals surface area contributed by atoms with E-state index in [0.717, 1.165) is 17.4 Å². The van der Waals surface area contributed by atoms with Crippen molar-refractivity contribution in [3.05, 3.63) is 5.82 Å². The van der Waals surface area contributed by atoms with Gasteiger partial charge in [-0.2, -0.15) is 4.37 Å². The Kier molecular flexibility index (Phi) is 5.29. The van der Waals surface area contributed by atoms with Crippen LogP contribution in [0.3, 0.4) is 0 Å². The van der Waals surface area contributed by atoms with E-state index in [1.807, 2.05) is 13.8 Å². The Morgan fingerprint density at radius 2 is 2.18 bits per heavy atom. The molecule has 0 aliphatic carbocycles. The maximum absolute atomic E-state index is 11.3. The van der Waals surface area contributed by atoms with Gasteiger partial charge in [-0.25, -0.2) is 17.7 Å². The topological polar surface area (TPSA) is 75.2 Å². The number of hydrogen-bond acceptors (Lipinski definition) is 6. The summed E-state index contributed by atoms with van der Waals surface area (Å²) < 4.78 is 28.1. The summed E-state index contributed by atoms with van der Waals surface area (Å²) in [6, 6.07) is 0. The van der Waals surface area contributed by atoms with E-state index in [4.69, 9.17) is 0 Å². The summed E-state index contributed by atoms with van der Waals surface area (Å²) in [5, 5.41) is 3.90. The Labute approximate surface area is 106 Å². The van der Waals surface area contributed by atoms with Gasteiger partial charge in [0.25, 0.3) is 0 Å². The largest absolute Gasteiger partial charge is 0.360 e. The molecule has 0 radical (unpaired) electrons. The SMILES string of the molecule is CCN(CCCNc1nc(C)ns1)S(C)(=O)=O. The van der Waals surface area contributed by atoms with Gasteiger partial charge in [-0.3, -0.25) is 0 Å². The van der Waals surface area contributed by atoms with Crippen LogP contribution in [0.2, 0.25) is 0 Å². The molecule has 0 unspecified atom stereocenters. The molecular weight excluding hydrogens is 260 g/mol. The van der Waals surface area contributed by atoms with Gasteiger partial charge in [0.15, 0.2) is 0 Å². The first kappa shape index (κ1) is 14.3. The minimum atomic E-state index is -3.08. The number of aryl methyl sites for hydroxylation is 1. The lowest BCUT2D eigenvalue weighted by atomic mass is 10.4. The minimum absolute atomic E-state index is 0.511. The molecule has 1 aromatic rings. The molecule has 0 atom stereocenters. The number of nitrogens with one attached hydrogen (secondary N) is 1. The fourth-order valence-corrected chi connectivity index (χ4v) is 2.91. The van der Waals surface area contributed by atoms with Crippen LogP contribution < -0.4 is 5.32 Å². The van der Waals surface area contributed by atoms with Crippen LogP contribution in [-0.2, 0) is 10.0 Å². The highest BCUT2D eigenvalue weighted by Crippen LogP contribution is 2.09. The van der Waals surface area contributed by atoms with Crippen LogP contribution in [0.4, 0.5) is 5.13 Å². The molecule has 1 rings (SSSR count). The number of aromatic nitrogens is 2. The second kappa shape index (κ2) is 6.27.